The standard InChI is InChI=1S/C22H20N4O2S/c1-14-6-4-5-7-18(14)25-19(27)13-29-22-24-9-8-20(26-22)28-21-15(2)10-17(12-23)11-16(21)3/h4-11H,13H2,1-3H3,(H,25,27). The zero-order chi connectivity index (χ0) is 20.8. The highest BCUT2D eigenvalue weighted by atomic mass is 32.2. The molecule has 1 heterocycles. The lowest BCUT2D eigenvalue weighted by Gasteiger charge is -2.12. The normalized spacial score (nSPS) is 10.3. The van der Waals surface area contributed by atoms with Crippen LogP contribution in [0.15, 0.2) is 53.8 Å². The van der Waals surface area contributed by atoms with Gasteiger partial charge in [0.25, 0.3) is 0 Å². The summed E-state index contributed by atoms with van der Waals surface area (Å²) in [5.41, 5.74) is 4.10. The van der Waals surface area contributed by atoms with E-state index >= 15 is 0 Å². The highest BCUT2D eigenvalue weighted by Crippen LogP contribution is 2.29. The number of hydrogen-bond donors (Lipinski definition) is 1. The van der Waals surface area contributed by atoms with Crippen molar-refractivity contribution in [2.24, 2.45) is 0 Å². The molecule has 0 aliphatic rings. The fourth-order valence-electron chi connectivity index (χ4n) is 2.76. The highest BCUT2D eigenvalue weighted by molar-refractivity contribution is 7.99. The van der Waals surface area contributed by atoms with Crippen LogP contribution in [0.5, 0.6) is 11.6 Å². The first kappa shape index (κ1) is 20.4. The molecule has 0 saturated carbocycles. The van der Waals surface area contributed by atoms with Crippen molar-refractivity contribution < 1.29 is 9.53 Å². The van der Waals surface area contributed by atoms with E-state index in [1.54, 1.807) is 24.4 Å². The minimum Gasteiger partial charge on any atom is -0.438 e. The topological polar surface area (TPSA) is 87.9 Å². The van der Waals surface area contributed by atoms with Gasteiger partial charge in [-0.25, -0.2) is 4.98 Å². The molecule has 146 valence electrons. The SMILES string of the molecule is Cc1ccccc1NC(=O)CSc1nccc(Oc2c(C)cc(C#N)cc2C)n1. The number of aryl methyl sites for hydroxylation is 3. The van der Waals surface area contributed by atoms with Crippen molar-refractivity contribution in [3.8, 4) is 17.7 Å². The molecule has 0 unspecified atom stereocenters. The molecule has 0 spiro atoms. The van der Waals surface area contributed by atoms with Crippen molar-refractivity contribution in [3.63, 3.8) is 0 Å². The maximum absolute atomic E-state index is 12.2. The van der Waals surface area contributed by atoms with Gasteiger partial charge in [0.05, 0.1) is 17.4 Å². The summed E-state index contributed by atoms with van der Waals surface area (Å²) in [6.45, 7) is 5.71. The number of hydrogen-bond acceptors (Lipinski definition) is 6. The van der Waals surface area contributed by atoms with Crippen molar-refractivity contribution >= 4 is 23.4 Å². The Morgan fingerprint density at radius 1 is 1.14 bits per heavy atom. The summed E-state index contributed by atoms with van der Waals surface area (Å²) in [6.07, 6.45) is 1.60. The molecule has 0 atom stereocenters. The molecule has 0 fully saturated rings. The second-order valence-corrected chi connectivity index (χ2v) is 7.42. The van der Waals surface area contributed by atoms with Gasteiger partial charge < -0.3 is 10.1 Å². The minimum absolute atomic E-state index is 0.127. The Kier molecular flexibility index (Phi) is 6.47. The lowest BCUT2D eigenvalue weighted by atomic mass is 10.1. The van der Waals surface area contributed by atoms with Gasteiger partial charge in [0, 0.05) is 18.0 Å². The van der Waals surface area contributed by atoms with Gasteiger partial charge in [0.15, 0.2) is 5.16 Å². The molecule has 7 heteroatoms. The van der Waals surface area contributed by atoms with Crippen LogP contribution in [0.25, 0.3) is 0 Å². The molecule has 1 amide bonds. The van der Waals surface area contributed by atoms with Crippen molar-refractivity contribution in [1.82, 2.24) is 9.97 Å². The summed E-state index contributed by atoms with van der Waals surface area (Å²) in [5.74, 6) is 1.11. The summed E-state index contributed by atoms with van der Waals surface area (Å²) in [4.78, 5) is 20.8. The highest BCUT2D eigenvalue weighted by Gasteiger charge is 2.11. The van der Waals surface area contributed by atoms with E-state index in [9.17, 15) is 4.79 Å². The number of nitriles is 1. The number of carbonyl (C=O) groups excluding carboxylic acids is 1. The van der Waals surface area contributed by atoms with E-state index in [1.165, 1.54) is 11.8 Å². The Hall–Kier alpha value is -3.37. The molecule has 2 aromatic carbocycles. The third-order valence-electron chi connectivity index (χ3n) is 4.16. The number of rotatable bonds is 6. The number of aromatic nitrogens is 2. The maximum Gasteiger partial charge on any atom is 0.234 e. The number of anilines is 1. The van der Waals surface area contributed by atoms with E-state index in [0.29, 0.717) is 22.3 Å². The number of nitrogens with zero attached hydrogens (tertiary/aromatic N) is 3. The second-order valence-electron chi connectivity index (χ2n) is 6.48. The number of ether oxygens (including phenoxy) is 1. The van der Waals surface area contributed by atoms with Crippen LogP contribution in [-0.2, 0) is 4.79 Å². The van der Waals surface area contributed by atoms with Crippen LogP contribution < -0.4 is 10.1 Å². The van der Waals surface area contributed by atoms with Crippen LogP contribution in [-0.4, -0.2) is 21.6 Å². The van der Waals surface area contributed by atoms with Crippen molar-refractivity contribution in [1.29, 1.82) is 5.26 Å². The number of benzene rings is 2. The number of thioether (sulfide) groups is 1. The van der Waals surface area contributed by atoms with Crippen molar-refractivity contribution in [3.05, 3.63) is 70.9 Å². The number of para-hydroxylation sites is 1. The molecular formula is C22H20N4O2S. The molecule has 29 heavy (non-hydrogen) atoms. The predicted octanol–water partition coefficient (Wildman–Crippen LogP) is 4.80. The van der Waals surface area contributed by atoms with E-state index in [4.69, 9.17) is 10.00 Å². The molecule has 0 aliphatic heterocycles. The fourth-order valence-corrected chi connectivity index (χ4v) is 3.38. The second kappa shape index (κ2) is 9.22. The predicted molar refractivity (Wildman–Crippen MR) is 113 cm³/mol. The molecule has 0 aliphatic carbocycles. The van der Waals surface area contributed by atoms with Crippen molar-refractivity contribution in [2.75, 3.05) is 11.1 Å². The molecule has 1 aromatic heterocycles. The van der Waals surface area contributed by atoms with Crippen LogP contribution in [0.4, 0.5) is 5.69 Å². The Morgan fingerprint density at radius 3 is 2.55 bits per heavy atom. The van der Waals surface area contributed by atoms with E-state index in [-0.39, 0.29) is 11.7 Å². The number of carbonyl (C=O) groups is 1. The average molecular weight is 404 g/mol. The smallest absolute Gasteiger partial charge is 0.234 e. The lowest BCUT2D eigenvalue weighted by molar-refractivity contribution is -0.113. The minimum atomic E-state index is -0.127. The quantitative estimate of drug-likeness (QED) is 0.469. The number of amides is 1. The Bertz CT molecular complexity index is 1070. The molecule has 1 N–H and O–H groups in total. The van der Waals surface area contributed by atoms with Crippen LogP contribution in [0.3, 0.4) is 0 Å². The first-order valence-corrected chi connectivity index (χ1v) is 9.95. The van der Waals surface area contributed by atoms with Crippen LogP contribution in [0.1, 0.15) is 22.3 Å². The molecule has 3 rings (SSSR count). The molecule has 3 aromatic rings. The van der Waals surface area contributed by atoms with E-state index < -0.39 is 0 Å². The van der Waals surface area contributed by atoms with Crippen LogP contribution >= 0.6 is 11.8 Å². The molecule has 0 bridgehead atoms. The molecule has 0 radical (unpaired) electrons. The van der Waals surface area contributed by atoms with Gasteiger partial charge >= 0.3 is 0 Å². The summed E-state index contributed by atoms with van der Waals surface area (Å²) in [5, 5.41) is 12.4. The lowest BCUT2D eigenvalue weighted by Crippen LogP contribution is -2.15. The summed E-state index contributed by atoms with van der Waals surface area (Å²) < 4.78 is 5.92. The van der Waals surface area contributed by atoms with Gasteiger partial charge in [-0.1, -0.05) is 30.0 Å². The summed E-state index contributed by atoms with van der Waals surface area (Å²) >= 11 is 1.24. The third-order valence-corrected chi connectivity index (χ3v) is 5.02. The Morgan fingerprint density at radius 2 is 1.86 bits per heavy atom. The van der Waals surface area contributed by atoms with Gasteiger partial charge in [0.1, 0.15) is 5.75 Å². The van der Waals surface area contributed by atoms with E-state index in [0.717, 1.165) is 22.4 Å². The zero-order valence-corrected chi connectivity index (χ0v) is 17.2. The van der Waals surface area contributed by atoms with Gasteiger partial charge in [-0.15, -0.1) is 0 Å². The average Bonchev–Trinajstić information content (AvgIpc) is 2.71. The maximum atomic E-state index is 12.2. The first-order chi connectivity index (χ1) is 14.0. The van der Waals surface area contributed by atoms with Crippen LogP contribution in [0.2, 0.25) is 0 Å². The van der Waals surface area contributed by atoms with Crippen molar-refractivity contribution in [2.45, 2.75) is 25.9 Å². The summed E-state index contributed by atoms with van der Waals surface area (Å²) in [7, 11) is 0. The fraction of sp³-hybridized carbons (Fsp3) is 0.182. The first-order valence-electron chi connectivity index (χ1n) is 8.97. The Labute approximate surface area is 174 Å². The molecule has 6 nitrogen and oxygen atoms in total. The third kappa shape index (κ3) is 5.33. The summed E-state index contributed by atoms with van der Waals surface area (Å²) in [6, 6.07) is 15.0. The van der Waals surface area contributed by atoms with Gasteiger partial charge in [0.2, 0.25) is 11.8 Å². The van der Waals surface area contributed by atoms with E-state index in [2.05, 4.69) is 21.4 Å². The molecule has 0 saturated heterocycles. The van der Waals surface area contributed by atoms with Gasteiger partial charge in [-0.2, -0.15) is 10.2 Å². The van der Waals surface area contributed by atoms with E-state index in [1.807, 2.05) is 45.0 Å². The van der Waals surface area contributed by atoms with Gasteiger partial charge in [-0.05, 0) is 55.7 Å². The monoisotopic (exact) mass is 404 g/mol. The zero-order valence-electron chi connectivity index (χ0n) is 16.4. The number of nitrogens with one attached hydrogen (secondary N) is 1. The largest absolute Gasteiger partial charge is 0.438 e. The van der Waals surface area contributed by atoms with Gasteiger partial charge in [-0.3, -0.25) is 4.79 Å². The van der Waals surface area contributed by atoms with Crippen LogP contribution in [0, 0.1) is 32.1 Å². The molecular weight excluding hydrogens is 384 g/mol. The Balaban J connectivity index is 1.65.